The Labute approximate surface area is 160 Å². The lowest BCUT2D eigenvalue weighted by molar-refractivity contribution is 0.0695. The molecule has 0 bridgehead atoms. The maximum Gasteiger partial charge on any atom is 0.341 e. The largest absolute Gasteiger partial charge is 0.507 e. The van der Waals surface area contributed by atoms with Crippen LogP contribution in [0.25, 0.3) is 22.4 Å². The van der Waals surface area contributed by atoms with Gasteiger partial charge in [-0.25, -0.2) is 4.79 Å². The summed E-state index contributed by atoms with van der Waals surface area (Å²) in [4.78, 5) is 16.0. The summed E-state index contributed by atoms with van der Waals surface area (Å²) in [6.45, 7) is 0. The number of aromatic carboxylic acids is 1. The molecule has 2 aromatic heterocycles. The van der Waals surface area contributed by atoms with Crippen molar-refractivity contribution < 1.29 is 19.4 Å². The van der Waals surface area contributed by atoms with Crippen LogP contribution in [0.1, 0.15) is 10.4 Å². The zero-order valence-corrected chi connectivity index (χ0v) is 15.1. The molecule has 0 amide bonds. The molecule has 9 heteroatoms. The number of nitrogens with zero attached hydrogens (tertiary/aromatic N) is 3. The van der Waals surface area contributed by atoms with E-state index in [-0.39, 0.29) is 22.9 Å². The van der Waals surface area contributed by atoms with Crippen molar-refractivity contribution in [2.45, 2.75) is 0 Å². The van der Waals surface area contributed by atoms with Gasteiger partial charge in [-0.2, -0.15) is 0 Å². The average Bonchev–Trinajstić information content (AvgIpc) is 3.16. The minimum absolute atomic E-state index is 0.218. The lowest BCUT2D eigenvalue weighted by Crippen LogP contribution is -2.04. The van der Waals surface area contributed by atoms with Gasteiger partial charge in [0.1, 0.15) is 11.3 Å². The molecule has 0 fully saturated rings. The van der Waals surface area contributed by atoms with Crippen LogP contribution in [0, 0.1) is 0 Å². The van der Waals surface area contributed by atoms with E-state index in [9.17, 15) is 15.0 Å². The standard InChI is InChI=1S/C18H11BrN4O4/c19-9-4-5-12-10(6-9)16(11(7-20-12)17-23-21-8-27-17)22-13-2-1-3-14(24)15(13)18(25)26/h1-8,24H,(H,20,22)(H,25,26). The van der Waals surface area contributed by atoms with E-state index >= 15 is 0 Å². The van der Waals surface area contributed by atoms with E-state index in [4.69, 9.17) is 4.42 Å². The highest BCUT2D eigenvalue weighted by atomic mass is 79.9. The number of aromatic nitrogens is 3. The summed E-state index contributed by atoms with van der Waals surface area (Å²) >= 11 is 3.43. The Balaban J connectivity index is 1.98. The highest BCUT2D eigenvalue weighted by Gasteiger charge is 2.20. The molecule has 4 rings (SSSR count). The first-order valence-electron chi connectivity index (χ1n) is 7.71. The zero-order valence-electron chi connectivity index (χ0n) is 13.5. The number of carboxylic acid groups (broad SMARTS) is 1. The summed E-state index contributed by atoms with van der Waals surface area (Å²) in [5, 5.41) is 30.9. The number of anilines is 2. The molecule has 0 radical (unpaired) electrons. The van der Waals surface area contributed by atoms with Crippen LogP contribution in [-0.4, -0.2) is 31.4 Å². The number of fused-ring (bicyclic) bond motifs is 1. The number of hydrogen-bond acceptors (Lipinski definition) is 7. The quantitative estimate of drug-likeness (QED) is 0.443. The number of halogens is 1. The molecular formula is C18H11BrN4O4. The molecule has 0 atom stereocenters. The molecule has 0 unspecified atom stereocenters. The van der Waals surface area contributed by atoms with Crippen LogP contribution in [0.5, 0.6) is 5.75 Å². The van der Waals surface area contributed by atoms with Crippen molar-refractivity contribution in [3.8, 4) is 17.2 Å². The predicted molar refractivity (Wildman–Crippen MR) is 101 cm³/mol. The van der Waals surface area contributed by atoms with E-state index in [1.165, 1.54) is 12.5 Å². The molecule has 3 N–H and O–H groups in total. The Hall–Kier alpha value is -3.46. The molecule has 0 aliphatic heterocycles. The van der Waals surface area contributed by atoms with Crippen molar-refractivity contribution in [3.05, 3.63) is 59.0 Å². The van der Waals surface area contributed by atoms with Crippen molar-refractivity contribution in [1.29, 1.82) is 0 Å². The van der Waals surface area contributed by atoms with Crippen LogP contribution in [0.15, 0.2) is 57.9 Å². The first-order chi connectivity index (χ1) is 13.0. The van der Waals surface area contributed by atoms with Gasteiger partial charge in [0.2, 0.25) is 6.39 Å². The third-order valence-electron chi connectivity index (χ3n) is 3.94. The fourth-order valence-corrected chi connectivity index (χ4v) is 3.12. The lowest BCUT2D eigenvalue weighted by atomic mass is 10.1. The Morgan fingerprint density at radius 2 is 2.07 bits per heavy atom. The summed E-state index contributed by atoms with van der Waals surface area (Å²) in [6, 6.07) is 9.94. The predicted octanol–water partition coefficient (Wildman–Crippen LogP) is 4.19. The molecule has 2 aromatic carbocycles. The van der Waals surface area contributed by atoms with Crippen LogP contribution in [0.4, 0.5) is 11.4 Å². The number of rotatable bonds is 4. The van der Waals surface area contributed by atoms with Gasteiger partial charge in [-0.1, -0.05) is 22.0 Å². The van der Waals surface area contributed by atoms with Crippen LogP contribution < -0.4 is 5.32 Å². The lowest BCUT2D eigenvalue weighted by Gasteiger charge is -2.15. The van der Waals surface area contributed by atoms with Crippen molar-refractivity contribution in [1.82, 2.24) is 15.2 Å². The maximum atomic E-state index is 11.6. The van der Waals surface area contributed by atoms with E-state index in [1.54, 1.807) is 18.3 Å². The van der Waals surface area contributed by atoms with Gasteiger partial charge in [-0.05, 0) is 30.3 Å². The van der Waals surface area contributed by atoms with Crippen LogP contribution in [0.2, 0.25) is 0 Å². The van der Waals surface area contributed by atoms with Gasteiger partial charge in [0.05, 0.1) is 22.5 Å². The minimum Gasteiger partial charge on any atom is -0.507 e. The number of phenols is 1. The third kappa shape index (κ3) is 3.08. The zero-order chi connectivity index (χ0) is 19.0. The van der Waals surface area contributed by atoms with E-state index < -0.39 is 5.97 Å². The highest BCUT2D eigenvalue weighted by Crippen LogP contribution is 2.37. The summed E-state index contributed by atoms with van der Waals surface area (Å²) in [5.41, 5.74) is 1.68. The molecular weight excluding hydrogens is 416 g/mol. The number of carboxylic acids is 1. The van der Waals surface area contributed by atoms with Gasteiger partial charge in [0.25, 0.3) is 5.89 Å². The van der Waals surface area contributed by atoms with Gasteiger partial charge in [-0.15, -0.1) is 10.2 Å². The summed E-state index contributed by atoms with van der Waals surface area (Å²) < 4.78 is 6.12. The maximum absolute atomic E-state index is 11.6. The number of nitrogens with one attached hydrogen (secondary N) is 1. The van der Waals surface area contributed by atoms with Crippen molar-refractivity contribution in [2.75, 3.05) is 5.32 Å². The van der Waals surface area contributed by atoms with Gasteiger partial charge >= 0.3 is 5.97 Å². The van der Waals surface area contributed by atoms with Crippen LogP contribution in [-0.2, 0) is 0 Å². The van der Waals surface area contributed by atoms with E-state index in [1.807, 2.05) is 18.2 Å². The smallest absolute Gasteiger partial charge is 0.341 e. The molecule has 0 aliphatic carbocycles. The minimum atomic E-state index is -1.26. The number of benzene rings is 2. The van der Waals surface area contributed by atoms with Gasteiger partial charge < -0.3 is 19.9 Å². The average molecular weight is 427 g/mol. The molecule has 134 valence electrons. The summed E-state index contributed by atoms with van der Waals surface area (Å²) in [6.07, 6.45) is 2.76. The molecule has 0 aliphatic rings. The molecule has 0 saturated carbocycles. The van der Waals surface area contributed by atoms with Gasteiger partial charge in [0.15, 0.2) is 0 Å². The molecule has 8 nitrogen and oxygen atoms in total. The number of aromatic hydroxyl groups is 1. The molecule has 27 heavy (non-hydrogen) atoms. The Bertz CT molecular complexity index is 1160. The second-order valence-corrected chi connectivity index (χ2v) is 6.50. The van der Waals surface area contributed by atoms with Crippen molar-refractivity contribution >= 4 is 44.2 Å². The summed E-state index contributed by atoms with van der Waals surface area (Å²) in [5.74, 6) is -1.37. The second-order valence-electron chi connectivity index (χ2n) is 5.58. The monoisotopic (exact) mass is 426 g/mol. The first kappa shape index (κ1) is 17.0. The van der Waals surface area contributed by atoms with E-state index in [0.29, 0.717) is 22.2 Å². The topological polar surface area (TPSA) is 121 Å². The first-order valence-corrected chi connectivity index (χ1v) is 8.51. The number of hydrogen-bond donors (Lipinski definition) is 3. The number of pyridine rings is 1. The van der Waals surface area contributed by atoms with Crippen LogP contribution in [0.3, 0.4) is 0 Å². The molecule has 0 spiro atoms. The molecule has 4 aromatic rings. The second kappa shape index (κ2) is 6.69. The van der Waals surface area contributed by atoms with Gasteiger partial charge in [-0.3, -0.25) is 4.98 Å². The number of carbonyl (C=O) groups is 1. The fourth-order valence-electron chi connectivity index (χ4n) is 2.76. The Morgan fingerprint density at radius 1 is 1.22 bits per heavy atom. The molecule has 2 heterocycles. The van der Waals surface area contributed by atoms with Gasteiger partial charge in [0, 0.05) is 16.1 Å². The molecule has 0 saturated heterocycles. The van der Waals surface area contributed by atoms with E-state index in [2.05, 4.69) is 36.4 Å². The van der Waals surface area contributed by atoms with Crippen molar-refractivity contribution in [2.24, 2.45) is 0 Å². The Morgan fingerprint density at radius 3 is 2.81 bits per heavy atom. The third-order valence-corrected chi connectivity index (χ3v) is 4.43. The van der Waals surface area contributed by atoms with Crippen LogP contribution >= 0.6 is 15.9 Å². The fraction of sp³-hybridized carbons (Fsp3) is 0. The normalized spacial score (nSPS) is 10.9. The van der Waals surface area contributed by atoms with Crippen molar-refractivity contribution in [3.63, 3.8) is 0 Å². The Kier molecular flexibility index (Phi) is 4.21. The SMILES string of the molecule is O=C(O)c1c(O)cccc1Nc1c(-c2nnco2)cnc2ccc(Br)cc12. The van der Waals surface area contributed by atoms with E-state index in [0.717, 1.165) is 4.47 Å². The summed E-state index contributed by atoms with van der Waals surface area (Å²) in [7, 11) is 0. The highest BCUT2D eigenvalue weighted by molar-refractivity contribution is 9.10.